The van der Waals surface area contributed by atoms with E-state index in [0.717, 1.165) is 5.69 Å². The third kappa shape index (κ3) is 1.88. The molecule has 0 atom stereocenters. The Morgan fingerprint density at radius 2 is 2.27 bits per heavy atom. The van der Waals surface area contributed by atoms with Gasteiger partial charge in [-0.05, 0) is 19.1 Å². The van der Waals surface area contributed by atoms with Crippen LogP contribution >= 0.6 is 0 Å². The van der Waals surface area contributed by atoms with Gasteiger partial charge in [0.2, 0.25) is 0 Å². The van der Waals surface area contributed by atoms with Crippen molar-refractivity contribution < 1.29 is 9.90 Å². The molecular weight excluding hydrogens is 192 g/mol. The van der Waals surface area contributed by atoms with Crippen molar-refractivity contribution in [2.75, 3.05) is 0 Å². The van der Waals surface area contributed by atoms with Crippen LogP contribution in [0.25, 0.3) is 5.69 Å². The minimum absolute atomic E-state index is 0.0265. The molecule has 1 aromatic heterocycles. The number of rotatable bonds is 2. The topological polar surface area (TPSA) is 55.1 Å². The maximum atomic E-state index is 11.1. The highest BCUT2D eigenvalue weighted by atomic mass is 16.3. The average molecular weight is 202 g/mol. The van der Waals surface area contributed by atoms with Crippen LogP contribution in [0.5, 0.6) is 5.75 Å². The Kier molecular flexibility index (Phi) is 2.25. The molecule has 15 heavy (non-hydrogen) atoms. The van der Waals surface area contributed by atoms with E-state index in [1.807, 2.05) is 0 Å². The molecule has 0 bridgehead atoms. The molecule has 0 saturated carbocycles. The third-order valence-electron chi connectivity index (χ3n) is 2.08. The van der Waals surface area contributed by atoms with Crippen molar-refractivity contribution in [2.24, 2.45) is 0 Å². The summed E-state index contributed by atoms with van der Waals surface area (Å²) in [7, 11) is 0. The molecule has 0 aliphatic carbocycles. The molecule has 0 fully saturated rings. The smallest absolute Gasteiger partial charge is 0.162 e. The number of phenols is 1. The standard InChI is InChI=1S/C11H10N2O2/c1-8(14)9-6-12-13(7-9)10-3-2-4-11(15)5-10/h2-7,15H,1H3. The van der Waals surface area contributed by atoms with E-state index in [-0.39, 0.29) is 11.5 Å². The summed E-state index contributed by atoms with van der Waals surface area (Å²) in [5.74, 6) is 0.147. The number of nitrogens with zero attached hydrogens (tertiary/aromatic N) is 2. The lowest BCUT2D eigenvalue weighted by atomic mass is 10.2. The monoisotopic (exact) mass is 202 g/mol. The molecule has 0 unspecified atom stereocenters. The van der Waals surface area contributed by atoms with Crippen LogP contribution in [0.15, 0.2) is 36.7 Å². The molecule has 2 aromatic rings. The number of carbonyl (C=O) groups excluding carboxylic acids is 1. The van der Waals surface area contributed by atoms with Gasteiger partial charge in [-0.1, -0.05) is 6.07 Å². The Morgan fingerprint density at radius 3 is 2.87 bits per heavy atom. The Morgan fingerprint density at radius 1 is 1.47 bits per heavy atom. The zero-order chi connectivity index (χ0) is 10.8. The van der Waals surface area contributed by atoms with Crippen LogP contribution in [-0.2, 0) is 0 Å². The van der Waals surface area contributed by atoms with Gasteiger partial charge in [0.15, 0.2) is 5.78 Å². The molecule has 0 amide bonds. The summed E-state index contributed by atoms with van der Waals surface area (Å²) in [6.45, 7) is 1.49. The first kappa shape index (κ1) is 9.45. The molecule has 4 heteroatoms. The van der Waals surface area contributed by atoms with Crippen LogP contribution in [0, 0.1) is 0 Å². The van der Waals surface area contributed by atoms with Gasteiger partial charge in [-0.3, -0.25) is 4.79 Å². The quantitative estimate of drug-likeness (QED) is 0.755. The maximum Gasteiger partial charge on any atom is 0.162 e. The second kappa shape index (κ2) is 3.57. The summed E-state index contributed by atoms with van der Waals surface area (Å²) in [5.41, 5.74) is 1.28. The number of carbonyl (C=O) groups is 1. The number of Topliss-reactive ketones (excluding diaryl/α,β-unsaturated/α-hetero) is 1. The highest BCUT2D eigenvalue weighted by Gasteiger charge is 2.04. The first-order valence-corrected chi connectivity index (χ1v) is 4.52. The Balaban J connectivity index is 2.41. The van der Waals surface area contributed by atoms with E-state index in [2.05, 4.69) is 5.10 Å². The van der Waals surface area contributed by atoms with Crippen molar-refractivity contribution in [3.63, 3.8) is 0 Å². The number of aromatic hydroxyl groups is 1. The Bertz CT molecular complexity index is 503. The fraction of sp³-hybridized carbons (Fsp3) is 0.0909. The van der Waals surface area contributed by atoms with Crippen molar-refractivity contribution >= 4 is 5.78 Å². The molecule has 2 rings (SSSR count). The first-order chi connectivity index (χ1) is 7.16. The van der Waals surface area contributed by atoms with Crippen molar-refractivity contribution in [1.82, 2.24) is 9.78 Å². The van der Waals surface area contributed by atoms with E-state index in [1.165, 1.54) is 13.1 Å². The van der Waals surface area contributed by atoms with E-state index in [1.54, 1.807) is 35.1 Å². The molecule has 76 valence electrons. The molecule has 1 aromatic carbocycles. The molecule has 0 spiro atoms. The van der Waals surface area contributed by atoms with E-state index in [0.29, 0.717) is 5.56 Å². The Hall–Kier alpha value is -2.10. The normalized spacial score (nSPS) is 10.2. The molecule has 1 N–H and O–H groups in total. The molecule has 0 aliphatic heterocycles. The summed E-state index contributed by atoms with van der Waals surface area (Å²) >= 11 is 0. The summed E-state index contributed by atoms with van der Waals surface area (Å²) in [6.07, 6.45) is 3.14. The van der Waals surface area contributed by atoms with Crippen molar-refractivity contribution in [3.8, 4) is 11.4 Å². The number of ketones is 1. The Labute approximate surface area is 86.8 Å². The zero-order valence-electron chi connectivity index (χ0n) is 8.21. The van der Waals surface area contributed by atoms with Gasteiger partial charge in [0, 0.05) is 12.3 Å². The number of phenolic OH excluding ortho intramolecular Hbond substituents is 1. The summed E-state index contributed by atoms with van der Waals surface area (Å²) in [6, 6.07) is 6.69. The van der Waals surface area contributed by atoms with E-state index in [9.17, 15) is 9.90 Å². The fourth-order valence-electron chi connectivity index (χ4n) is 1.28. The molecular formula is C11H10N2O2. The minimum atomic E-state index is -0.0265. The predicted octanol–water partition coefficient (Wildman–Crippen LogP) is 1.78. The van der Waals surface area contributed by atoms with Crippen molar-refractivity contribution in [2.45, 2.75) is 6.92 Å². The van der Waals surface area contributed by atoms with Crippen LogP contribution in [0.1, 0.15) is 17.3 Å². The number of aromatic nitrogens is 2. The van der Waals surface area contributed by atoms with Crippen LogP contribution in [0.2, 0.25) is 0 Å². The van der Waals surface area contributed by atoms with Gasteiger partial charge in [-0.15, -0.1) is 0 Å². The average Bonchev–Trinajstić information content (AvgIpc) is 2.66. The van der Waals surface area contributed by atoms with E-state index < -0.39 is 0 Å². The van der Waals surface area contributed by atoms with Gasteiger partial charge in [0.25, 0.3) is 0 Å². The summed E-state index contributed by atoms with van der Waals surface area (Å²) in [5, 5.41) is 13.3. The van der Waals surface area contributed by atoms with Gasteiger partial charge in [0.1, 0.15) is 5.75 Å². The van der Waals surface area contributed by atoms with Gasteiger partial charge < -0.3 is 5.11 Å². The lowest BCUT2D eigenvalue weighted by molar-refractivity contribution is 0.101. The van der Waals surface area contributed by atoms with E-state index >= 15 is 0 Å². The highest BCUT2D eigenvalue weighted by Crippen LogP contribution is 2.14. The predicted molar refractivity (Wildman–Crippen MR) is 55.2 cm³/mol. The molecule has 0 radical (unpaired) electrons. The van der Waals surface area contributed by atoms with Crippen molar-refractivity contribution in [1.29, 1.82) is 0 Å². The molecule has 4 nitrogen and oxygen atoms in total. The molecule has 1 heterocycles. The van der Waals surface area contributed by atoms with Gasteiger partial charge in [-0.2, -0.15) is 5.10 Å². The number of hydrogen-bond donors (Lipinski definition) is 1. The minimum Gasteiger partial charge on any atom is -0.508 e. The highest BCUT2D eigenvalue weighted by molar-refractivity contribution is 5.93. The van der Waals surface area contributed by atoms with Crippen LogP contribution in [0.3, 0.4) is 0 Å². The molecule has 0 aliphatic rings. The SMILES string of the molecule is CC(=O)c1cnn(-c2cccc(O)c2)c1. The maximum absolute atomic E-state index is 11.1. The van der Waals surface area contributed by atoms with Gasteiger partial charge >= 0.3 is 0 Å². The van der Waals surface area contributed by atoms with Crippen LogP contribution < -0.4 is 0 Å². The van der Waals surface area contributed by atoms with Crippen molar-refractivity contribution in [3.05, 3.63) is 42.2 Å². The lowest BCUT2D eigenvalue weighted by Crippen LogP contribution is -1.93. The second-order valence-corrected chi connectivity index (χ2v) is 3.25. The van der Waals surface area contributed by atoms with Gasteiger partial charge in [-0.25, -0.2) is 4.68 Å². The van der Waals surface area contributed by atoms with E-state index in [4.69, 9.17) is 0 Å². The zero-order valence-corrected chi connectivity index (χ0v) is 8.21. The number of benzene rings is 1. The fourth-order valence-corrected chi connectivity index (χ4v) is 1.28. The van der Waals surface area contributed by atoms with Crippen LogP contribution in [-0.4, -0.2) is 20.7 Å². The van der Waals surface area contributed by atoms with Crippen LogP contribution in [0.4, 0.5) is 0 Å². The van der Waals surface area contributed by atoms with Gasteiger partial charge in [0.05, 0.1) is 17.4 Å². The molecule has 0 saturated heterocycles. The number of hydrogen-bond acceptors (Lipinski definition) is 3. The summed E-state index contributed by atoms with van der Waals surface area (Å²) < 4.78 is 1.55. The lowest BCUT2D eigenvalue weighted by Gasteiger charge is -2.00. The summed E-state index contributed by atoms with van der Waals surface area (Å²) in [4.78, 5) is 11.1. The second-order valence-electron chi connectivity index (χ2n) is 3.25. The largest absolute Gasteiger partial charge is 0.508 e. The first-order valence-electron chi connectivity index (χ1n) is 4.52. The third-order valence-corrected chi connectivity index (χ3v) is 2.08.